The molecule has 0 atom stereocenters. The van der Waals surface area contributed by atoms with Gasteiger partial charge in [-0.3, -0.25) is 10.2 Å². The van der Waals surface area contributed by atoms with Crippen LogP contribution in [0.3, 0.4) is 0 Å². The zero-order valence-corrected chi connectivity index (χ0v) is 14.7. The molecule has 1 heterocycles. The van der Waals surface area contributed by atoms with Crippen LogP contribution in [0.5, 0.6) is 0 Å². The summed E-state index contributed by atoms with van der Waals surface area (Å²) in [4.78, 5) is 18.9. The summed E-state index contributed by atoms with van der Waals surface area (Å²) >= 11 is 0. The van der Waals surface area contributed by atoms with Gasteiger partial charge in [-0.1, -0.05) is 18.2 Å². The molecule has 3 aromatic rings. The van der Waals surface area contributed by atoms with Crippen molar-refractivity contribution in [3.8, 4) is 0 Å². The Morgan fingerprint density at radius 3 is 2.56 bits per heavy atom. The Hall–Kier alpha value is -2.71. The molecular formula is C17H18N4O3S. The number of hydrazine groups is 1. The summed E-state index contributed by atoms with van der Waals surface area (Å²) in [7, 11) is -3.81. The lowest BCUT2D eigenvalue weighted by Crippen LogP contribution is -2.41. The summed E-state index contributed by atoms with van der Waals surface area (Å²) in [5.74, 6) is 0.310. The van der Waals surface area contributed by atoms with Crippen molar-refractivity contribution < 1.29 is 13.2 Å². The SMILES string of the molecule is CCn1c(C)nc2cc(C(=O)NNS(=O)(=O)c3ccccc3)ccc21. The molecule has 0 saturated carbocycles. The summed E-state index contributed by atoms with van der Waals surface area (Å²) in [6, 6.07) is 12.9. The molecule has 0 aliphatic rings. The molecule has 1 amide bonds. The third kappa shape index (κ3) is 3.40. The van der Waals surface area contributed by atoms with Crippen molar-refractivity contribution >= 4 is 27.0 Å². The first-order chi connectivity index (χ1) is 11.9. The molecular weight excluding hydrogens is 340 g/mol. The normalized spacial score (nSPS) is 11.6. The van der Waals surface area contributed by atoms with Gasteiger partial charge < -0.3 is 4.57 Å². The van der Waals surface area contributed by atoms with E-state index in [-0.39, 0.29) is 4.90 Å². The molecule has 0 bridgehead atoms. The van der Waals surface area contributed by atoms with Gasteiger partial charge in [0, 0.05) is 12.1 Å². The highest BCUT2D eigenvalue weighted by atomic mass is 32.2. The van der Waals surface area contributed by atoms with Gasteiger partial charge in [0.2, 0.25) is 0 Å². The lowest BCUT2D eigenvalue weighted by Gasteiger charge is -2.08. The lowest BCUT2D eigenvalue weighted by molar-refractivity contribution is 0.0945. The van der Waals surface area contributed by atoms with E-state index in [0.29, 0.717) is 11.1 Å². The Morgan fingerprint density at radius 1 is 1.16 bits per heavy atom. The van der Waals surface area contributed by atoms with E-state index in [1.165, 1.54) is 12.1 Å². The first kappa shape index (κ1) is 17.1. The fourth-order valence-corrected chi connectivity index (χ4v) is 3.50. The van der Waals surface area contributed by atoms with Gasteiger partial charge in [0.15, 0.2) is 0 Å². The molecule has 0 saturated heterocycles. The first-order valence-electron chi connectivity index (χ1n) is 7.76. The monoisotopic (exact) mass is 358 g/mol. The molecule has 0 unspecified atom stereocenters. The maximum absolute atomic E-state index is 12.3. The van der Waals surface area contributed by atoms with Crippen LogP contribution >= 0.6 is 0 Å². The highest BCUT2D eigenvalue weighted by molar-refractivity contribution is 7.89. The summed E-state index contributed by atoms with van der Waals surface area (Å²) in [5, 5.41) is 0. The maximum Gasteiger partial charge on any atom is 0.266 e. The topological polar surface area (TPSA) is 93.1 Å². The van der Waals surface area contributed by atoms with E-state index in [4.69, 9.17) is 0 Å². The van der Waals surface area contributed by atoms with Crippen molar-refractivity contribution in [1.82, 2.24) is 19.8 Å². The largest absolute Gasteiger partial charge is 0.329 e. The van der Waals surface area contributed by atoms with E-state index < -0.39 is 15.9 Å². The minimum absolute atomic E-state index is 0.0723. The number of imidazole rings is 1. The lowest BCUT2D eigenvalue weighted by atomic mass is 10.2. The van der Waals surface area contributed by atoms with E-state index in [2.05, 4.69) is 15.2 Å². The zero-order valence-electron chi connectivity index (χ0n) is 13.9. The smallest absolute Gasteiger partial charge is 0.266 e. The van der Waals surface area contributed by atoms with Crippen molar-refractivity contribution in [3.63, 3.8) is 0 Å². The summed E-state index contributed by atoms with van der Waals surface area (Å²) in [5.41, 5.74) is 4.17. The van der Waals surface area contributed by atoms with Crippen molar-refractivity contribution in [3.05, 3.63) is 59.9 Å². The second kappa shape index (κ2) is 6.66. The number of amides is 1. The Kier molecular flexibility index (Phi) is 4.56. The highest BCUT2D eigenvalue weighted by Crippen LogP contribution is 2.17. The second-order valence-corrected chi connectivity index (χ2v) is 7.16. The van der Waals surface area contributed by atoms with Crippen molar-refractivity contribution in [2.45, 2.75) is 25.3 Å². The van der Waals surface area contributed by atoms with Crippen LogP contribution in [0.2, 0.25) is 0 Å². The minimum atomic E-state index is -3.81. The quantitative estimate of drug-likeness (QED) is 0.682. The molecule has 0 fully saturated rings. The molecule has 130 valence electrons. The average Bonchev–Trinajstić information content (AvgIpc) is 2.94. The average molecular weight is 358 g/mol. The van der Waals surface area contributed by atoms with Gasteiger partial charge in [-0.2, -0.15) is 0 Å². The van der Waals surface area contributed by atoms with E-state index in [9.17, 15) is 13.2 Å². The number of carbonyl (C=O) groups is 1. The van der Waals surface area contributed by atoms with Crippen molar-refractivity contribution in [2.75, 3.05) is 0 Å². The van der Waals surface area contributed by atoms with Gasteiger partial charge in [-0.05, 0) is 44.2 Å². The Balaban J connectivity index is 1.79. The number of hydrogen-bond acceptors (Lipinski definition) is 4. The van der Waals surface area contributed by atoms with E-state index in [1.54, 1.807) is 36.4 Å². The van der Waals surface area contributed by atoms with E-state index in [1.807, 2.05) is 18.4 Å². The Bertz CT molecular complexity index is 1030. The number of hydrogen-bond donors (Lipinski definition) is 2. The fourth-order valence-electron chi connectivity index (χ4n) is 2.63. The first-order valence-corrected chi connectivity index (χ1v) is 9.25. The van der Waals surface area contributed by atoms with Gasteiger partial charge in [-0.25, -0.2) is 13.4 Å². The van der Waals surface area contributed by atoms with Gasteiger partial charge in [0.05, 0.1) is 15.9 Å². The number of benzene rings is 2. The molecule has 7 nitrogen and oxygen atoms in total. The van der Waals surface area contributed by atoms with Crippen LogP contribution < -0.4 is 10.3 Å². The van der Waals surface area contributed by atoms with Crippen LogP contribution in [0.25, 0.3) is 11.0 Å². The predicted molar refractivity (Wildman–Crippen MR) is 94.4 cm³/mol. The molecule has 25 heavy (non-hydrogen) atoms. The summed E-state index contributed by atoms with van der Waals surface area (Å²) in [6.45, 7) is 4.70. The molecule has 0 aliphatic carbocycles. The summed E-state index contributed by atoms with van der Waals surface area (Å²) in [6.07, 6.45) is 0. The summed E-state index contributed by atoms with van der Waals surface area (Å²) < 4.78 is 26.3. The highest BCUT2D eigenvalue weighted by Gasteiger charge is 2.16. The van der Waals surface area contributed by atoms with Crippen LogP contribution in [0.15, 0.2) is 53.4 Å². The standard InChI is InChI=1S/C17H18N4O3S/c1-3-21-12(2)18-15-11-13(9-10-16(15)21)17(22)19-20-25(23,24)14-7-5-4-6-8-14/h4-11,20H,3H2,1-2H3,(H,19,22). The molecule has 0 aliphatic heterocycles. The fraction of sp³-hybridized carbons (Fsp3) is 0.176. The number of sulfonamides is 1. The predicted octanol–water partition coefficient (Wildman–Crippen LogP) is 1.99. The van der Waals surface area contributed by atoms with Gasteiger partial charge in [-0.15, -0.1) is 4.83 Å². The van der Waals surface area contributed by atoms with Crippen LogP contribution in [-0.4, -0.2) is 23.9 Å². The van der Waals surface area contributed by atoms with Crippen LogP contribution in [0.4, 0.5) is 0 Å². The van der Waals surface area contributed by atoms with E-state index in [0.717, 1.165) is 17.9 Å². The van der Waals surface area contributed by atoms with Gasteiger partial charge in [0.1, 0.15) is 5.82 Å². The number of carbonyl (C=O) groups excluding carboxylic acids is 1. The van der Waals surface area contributed by atoms with Crippen LogP contribution in [-0.2, 0) is 16.6 Å². The molecule has 1 aromatic heterocycles. The number of aryl methyl sites for hydroxylation is 2. The third-order valence-electron chi connectivity index (χ3n) is 3.87. The maximum atomic E-state index is 12.3. The molecule has 0 spiro atoms. The number of nitrogens with one attached hydrogen (secondary N) is 2. The van der Waals surface area contributed by atoms with Crippen molar-refractivity contribution in [1.29, 1.82) is 0 Å². The third-order valence-corrected chi connectivity index (χ3v) is 5.13. The molecule has 3 rings (SSSR count). The second-order valence-electron chi connectivity index (χ2n) is 5.48. The van der Waals surface area contributed by atoms with Gasteiger partial charge >= 0.3 is 0 Å². The van der Waals surface area contributed by atoms with E-state index >= 15 is 0 Å². The molecule has 2 N–H and O–H groups in total. The van der Waals surface area contributed by atoms with Crippen LogP contribution in [0, 0.1) is 6.92 Å². The number of aromatic nitrogens is 2. The molecule has 0 radical (unpaired) electrons. The van der Waals surface area contributed by atoms with Crippen molar-refractivity contribution in [2.24, 2.45) is 0 Å². The minimum Gasteiger partial charge on any atom is -0.329 e. The Labute approximate surface area is 145 Å². The number of fused-ring (bicyclic) bond motifs is 1. The number of rotatable bonds is 5. The molecule has 8 heteroatoms. The van der Waals surface area contributed by atoms with Gasteiger partial charge in [0.25, 0.3) is 15.9 Å². The van der Waals surface area contributed by atoms with Crippen LogP contribution in [0.1, 0.15) is 23.1 Å². The Morgan fingerprint density at radius 2 is 1.88 bits per heavy atom. The zero-order chi connectivity index (χ0) is 18.0. The number of nitrogens with zero attached hydrogens (tertiary/aromatic N) is 2. The molecule has 2 aromatic carbocycles.